The SMILES string of the molecule is Cc1cc(C)n(Cc2ccc(C(=O)N3[C@H](C)CCC[C@@H]3C)o2)n1. The van der Waals surface area contributed by atoms with Crippen molar-refractivity contribution in [1.29, 1.82) is 0 Å². The summed E-state index contributed by atoms with van der Waals surface area (Å²) >= 11 is 0. The lowest BCUT2D eigenvalue weighted by molar-refractivity contribution is 0.0476. The normalized spacial score (nSPS) is 21.7. The quantitative estimate of drug-likeness (QED) is 0.870. The minimum absolute atomic E-state index is 0.00400. The van der Waals surface area contributed by atoms with Gasteiger partial charge in [-0.05, 0) is 65.2 Å². The fraction of sp³-hybridized carbons (Fsp3) is 0.556. The Morgan fingerprint density at radius 1 is 1.26 bits per heavy atom. The number of hydrogen-bond acceptors (Lipinski definition) is 3. The molecule has 0 saturated carbocycles. The molecule has 2 atom stereocenters. The predicted molar refractivity (Wildman–Crippen MR) is 88.5 cm³/mol. The van der Waals surface area contributed by atoms with Gasteiger partial charge in [0.05, 0.1) is 12.2 Å². The second-order valence-electron chi connectivity index (χ2n) is 6.69. The molecule has 0 aliphatic carbocycles. The Labute approximate surface area is 137 Å². The number of aromatic nitrogens is 2. The standard InChI is InChI=1S/C18H25N3O2/c1-12-10-15(4)20(19-12)11-16-8-9-17(23-16)18(22)21-13(2)6-5-7-14(21)3/h8-10,13-14H,5-7,11H2,1-4H3/t13-,14+. The van der Waals surface area contributed by atoms with Crippen LogP contribution in [0.25, 0.3) is 0 Å². The number of amides is 1. The van der Waals surface area contributed by atoms with Gasteiger partial charge in [-0.2, -0.15) is 5.10 Å². The van der Waals surface area contributed by atoms with E-state index in [1.54, 1.807) is 6.07 Å². The van der Waals surface area contributed by atoms with Crippen LogP contribution in [0.4, 0.5) is 0 Å². The highest BCUT2D eigenvalue weighted by Crippen LogP contribution is 2.25. The second-order valence-corrected chi connectivity index (χ2v) is 6.69. The molecule has 3 heterocycles. The van der Waals surface area contributed by atoms with Gasteiger partial charge in [0.2, 0.25) is 0 Å². The number of likely N-dealkylation sites (tertiary alicyclic amines) is 1. The summed E-state index contributed by atoms with van der Waals surface area (Å²) in [6.45, 7) is 8.78. The Kier molecular flexibility index (Phi) is 4.28. The molecule has 2 aromatic heterocycles. The van der Waals surface area contributed by atoms with E-state index >= 15 is 0 Å². The summed E-state index contributed by atoms with van der Waals surface area (Å²) < 4.78 is 7.71. The van der Waals surface area contributed by atoms with Gasteiger partial charge in [0.15, 0.2) is 5.76 Å². The predicted octanol–water partition coefficient (Wildman–Crippen LogP) is 3.54. The zero-order chi connectivity index (χ0) is 16.6. The number of carbonyl (C=O) groups is 1. The number of nitrogens with zero attached hydrogens (tertiary/aromatic N) is 3. The molecule has 23 heavy (non-hydrogen) atoms. The third-order valence-corrected chi connectivity index (χ3v) is 4.71. The van der Waals surface area contributed by atoms with Crippen LogP contribution in [-0.4, -0.2) is 32.7 Å². The molecule has 0 radical (unpaired) electrons. The first-order valence-corrected chi connectivity index (χ1v) is 8.38. The molecule has 2 aromatic rings. The Morgan fingerprint density at radius 2 is 1.96 bits per heavy atom. The number of hydrogen-bond donors (Lipinski definition) is 0. The molecule has 0 aromatic carbocycles. The van der Waals surface area contributed by atoms with E-state index < -0.39 is 0 Å². The topological polar surface area (TPSA) is 51.3 Å². The first kappa shape index (κ1) is 15.8. The van der Waals surface area contributed by atoms with Gasteiger partial charge in [-0.1, -0.05) is 0 Å². The molecule has 5 heteroatoms. The lowest BCUT2D eigenvalue weighted by Crippen LogP contribution is -2.47. The zero-order valence-electron chi connectivity index (χ0n) is 14.4. The lowest BCUT2D eigenvalue weighted by atomic mass is 9.97. The van der Waals surface area contributed by atoms with Crippen LogP contribution in [0, 0.1) is 13.8 Å². The van der Waals surface area contributed by atoms with E-state index in [9.17, 15) is 4.79 Å². The van der Waals surface area contributed by atoms with Gasteiger partial charge in [0.25, 0.3) is 5.91 Å². The van der Waals surface area contributed by atoms with Crippen molar-refractivity contribution in [3.63, 3.8) is 0 Å². The Morgan fingerprint density at radius 3 is 2.57 bits per heavy atom. The van der Waals surface area contributed by atoms with Crippen molar-refractivity contribution in [3.8, 4) is 0 Å². The summed E-state index contributed by atoms with van der Waals surface area (Å²) in [5.74, 6) is 1.20. The van der Waals surface area contributed by atoms with Crippen molar-refractivity contribution in [2.45, 2.75) is 65.6 Å². The summed E-state index contributed by atoms with van der Waals surface area (Å²) in [5.41, 5.74) is 2.08. The van der Waals surface area contributed by atoms with Crippen LogP contribution in [0.5, 0.6) is 0 Å². The monoisotopic (exact) mass is 315 g/mol. The smallest absolute Gasteiger partial charge is 0.290 e. The maximum absolute atomic E-state index is 12.8. The van der Waals surface area contributed by atoms with E-state index in [2.05, 4.69) is 18.9 Å². The Balaban J connectivity index is 1.76. The summed E-state index contributed by atoms with van der Waals surface area (Å²) in [5, 5.41) is 4.43. The van der Waals surface area contributed by atoms with Crippen molar-refractivity contribution in [2.24, 2.45) is 0 Å². The maximum Gasteiger partial charge on any atom is 0.290 e. The Bertz CT molecular complexity index is 691. The van der Waals surface area contributed by atoms with Gasteiger partial charge >= 0.3 is 0 Å². The fourth-order valence-corrected chi connectivity index (χ4v) is 3.51. The zero-order valence-corrected chi connectivity index (χ0v) is 14.4. The molecule has 124 valence electrons. The molecular weight excluding hydrogens is 290 g/mol. The molecule has 1 aliphatic rings. The molecule has 0 unspecified atom stereocenters. The number of carbonyl (C=O) groups excluding carboxylic acids is 1. The third-order valence-electron chi connectivity index (χ3n) is 4.71. The first-order valence-electron chi connectivity index (χ1n) is 8.38. The average Bonchev–Trinajstić information content (AvgIpc) is 3.06. The van der Waals surface area contributed by atoms with Gasteiger partial charge < -0.3 is 9.32 Å². The van der Waals surface area contributed by atoms with Crippen LogP contribution < -0.4 is 0 Å². The van der Waals surface area contributed by atoms with Crippen LogP contribution >= 0.6 is 0 Å². The average molecular weight is 315 g/mol. The van der Waals surface area contributed by atoms with E-state index in [0.717, 1.165) is 30.0 Å². The molecule has 1 amide bonds. The Hall–Kier alpha value is -2.04. The third kappa shape index (κ3) is 3.19. The number of furan rings is 1. The van der Waals surface area contributed by atoms with E-state index in [4.69, 9.17) is 4.42 Å². The van der Waals surface area contributed by atoms with Crippen LogP contribution in [-0.2, 0) is 6.54 Å². The molecule has 0 spiro atoms. The van der Waals surface area contributed by atoms with E-state index in [0.29, 0.717) is 12.3 Å². The summed E-state index contributed by atoms with van der Waals surface area (Å²) in [6.07, 6.45) is 3.32. The maximum atomic E-state index is 12.8. The molecule has 3 rings (SSSR count). The number of aryl methyl sites for hydroxylation is 2. The number of piperidine rings is 1. The molecule has 1 fully saturated rings. The highest BCUT2D eigenvalue weighted by atomic mass is 16.4. The molecule has 1 saturated heterocycles. The highest BCUT2D eigenvalue weighted by molar-refractivity contribution is 5.92. The molecular formula is C18H25N3O2. The fourth-order valence-electron chi connectivity index (χ4n) is 3.51. The first-order chi connectivity index (χ1) is 11.0. The minimum Gasteiger partial charge on any atom is -0.454 e. The molecule has 1 aliphatic heterocycles. The van der Waals surface area contributed by atoms with Gasteiger partial charge in [0.1, 0.15) is 5.76 Å². The van der Waals surface area contributed by atoms with Crippen molar-refractivity contribution in [3.05, 3.63) is 41.1 Å². The van der Waals surface area contributed by atoms with Gasteiger partial charge in [-0.3, -0.25) is 9.48 Å². The van der Waals surface area contributed by atoms with E-state index in [1.165, 1.54) is 6.42 Å². The van der Waals surface area contributed by atoms with Crippen LogP contribution in [0.3, 0.4) is 0 Å². The molecule has 0 bridgehead atoms. The molecule has 5 nitrogen and oxygen atoms in total. The summed E-state index contributed by atoms with van der Waals surface area (Å²) in [7, 11) is 0. The number of rotatable bonds is 3. The van der Waals surface area contributed by atoms with Crippen LogP contribution in [0.2, 0.25) is 0 Å². The van der Waals surface area contributed by atoms with Crippen molar-refractivity contribution in [1.82, 2.24) is 14.7 Å². The van der Waals surface area contributed by atoms with Gasteiger partial charge in [-0.25, -0.2) is 0 Å². The summed E-state index contributed by atoms with van der Waals surface area (Å²) in [4.78, 5) is 14.7. The highest BCUT2D eigenvalue weighted by Gasteiger charge is 2.31. The van der Waals surface area contributed by atoms with Gasteiger partial charge in [-0.15, -0.1) is 0 Å². The minimum atomic E-state index is 0.00400. The van der Waals surface area contributed by atoms with Crippen molar-refractivity contribution in [2.75, 3.05) is 0 Å². The second kappa shape index (κ2) is 6.22. The largest absolute Gasteiger partial charge is 0.454 e. The van der Waals surface area contributed by atoms with E-state index in [1.807, 2.05) is 35.6 Å². The van der Waals surface area contributed by atoms with Crippen molar-refractivity contribution < 1.29 is 9.21 Å². The molecule has 0 N–H and O–H groups in total. The van der Waals surface area contributed by atoms with E-state index in [-0.39, 0.29) is 18.0 Å². The van der Waals surface area contributed by atoms with Crippen LogP contribution in [0.1, 0.15) is 60.8 Å². The lowest BCUT2D eigenvalue weighted by Gasteiger charge is -2.38. The van der Waals surface area contributed by atoms with Crippen LogP contribution in [0.15, 0.2) is 22.6 Å². The van der Waals surface area contributed by atoms with Gasteiger partial charge in [0, 0.05) is 17.8 Å². The van der Waals surface area contributed by atoms with Crippen molar-refractivity contribution >= 4 is 5.91 Å². The summed E-state index contributed by atoms with van der Waals surface area (Å²) in [6, 6.07) is 6.25.